The van der Waals surface area contributed by atoms with E-state index in [1.807, 2.05) is 18.2 Å². The highest BCUT2D eigenvalue weighted by Crippen LogP contribution is 2.19. The summed E-state index contributed by atoms with van der Waals surface area (Å²) in [7, 11) is 1.71. The van der Waals surface area contributed by atoms with Gasteiger partial charge in [0.15, 0.2) is 0 Å². The number of hydrogen-bond acceptors (Lipinski definition) is 2. The predicted molar refractivity (Wildman–Crippen MR) is 84.1 cm³/mol. The van der Waals surface area contributed by atoms with E-state index in [9.17, 15) is 0 Å². The smallest absolute Gasteiger partial charge is 0.122 e. The summed E-state index contributed by atoms with van der Waals surface area (Å²) in [5, 5.41) is 0. The molecule has 2 aromatic rings. The van der Waals surface area contributed by atoms with Crippen molar-refractivity contribution >= 4 is 0 Å². The van der Waals surface area contributed by atoms with Crippen LogP contribution in [0.2, 0.25) is 0 Å². The average molecular weight is 269 g/mol. The van der Waals surface area contributed by atoms with E-state index in [1.54, 1.807) is 7.11 Å². The van der Waals surface area contributed by atoms with Crippen LogP contribution >= 0.6 is 0 Å². The average Bonchev–Trinajstić information content (AvgIpc) is 2.49. The molecule has 0 bridgehead atoms. The van der Waals surface area contributed by atoms with Gasteiger partial charge < -0.3 is 10.5 Å². The molecule has 0 aliphatic heterocycles. The summed E-state index contributed by atoms with van der Waals surface area (Å²) in [6.45, 7) is 0. The Balaban J connectivity index is 1.79. The van der Waals surface area contributed by atoms with Gasteiger partial charge in [-0.3, -0.25) is 0 Å². The first-order valence-electron chi connectivity index (χ1n) is 7.21. The van der Waals surface area contributed by atoms with E-state index >= 15 is 0 Å². The lowest BCUT2D eigenvalue weighted by Gasteiger charge is -2.14. The number of nitrogens with two attached hydrogens (primary N) is 1. The lowest BCUT2D eigenvalue weighted by Crippen LogP contribution is -2.23. The van der Waals surface area contributed by atoms with E-state index in [1.165, 1.54) is 11.1 Å². The largest absolute Gasteiger partial charge is 0.496 e. The van der Waals surface area contributed by atoms with E-state index in [2.05, 4.69) is 36.4 Å². The van der Waals surface area contributed by atoms with Crippen molar-refractivity contribution in [3.05, 3.63) is 65.7 Å². The lowest BCUT2D eigenvalue weighted by atomic mass is 9.99. The van der Waals surface area contributed by atoms with Gasteiger partial charge in [-0.1, -0.05) is 48.5 Å². The topological polar surface area (TPSA) is 35.2 Å². The minimum absolute atomic E-state index is 0.190. The molecule has 2 rings (SSSR count). The van der Waals surface area contributed by atoms with Gasteiger partial charge >= 0.3 is 0 Å². The van der Waals surface area contributed by atoms with Crippen molar-refractivity contribution in [1.29, 1.82) is 0 Å². The van der Waals surface area contributed by atoms with Crippen molar-refractivity contribution in [3.63, 3.8) is 0 Å². The molecule has 2 nitrogen and oxygen atoms in total. The van der Waals surface area contributed by atoms with Gasteiger partial charge in [0.1, 0.15) is 5.75 Å². The van der Waals surface area contributed by atoms with E-state index in [0.29, 0.717) is 0 Å². The zero-order valence-electron chi connectivity index (χ0n) is 12.1. The molecule has 0 spiro atoms. The zero-order chi connectivity index (χ0) is 14.2. The summed E-state index contributed by atoms with van der Waals surface area (Å²) < 4.78 is 5.36. The SMILES string of the molecule is COc1ccccc1CC(N)CCCc1ccccc1. The van der Waals surface area contributed by atoms with Gasteiger partial charge in [0, 0.05) is 6.04 Å². The molecule has 2 heteroatoms. The number of hydrogen-bond donors (Lipinski definition) is 1. The molecule has 0 fully saturated rings. The Morgan fingerprint density at radius 2 is 1.70 bits per heavy atom. The summed E-state index contributed by atoms with van der Waals surface area (Å²) in [5.74, 6) is 0.936. The second-order valence-corrected chi connectivity index (χ2v) is 5.15. The van der Waals surface area contributed by atoms with Crippen LogP contribution in [-0.2, 0) is 12.8 Å². The fraction of sp³-hybridized carbons (Fsp3) is 0.333. The van der Waals surface area contributed by atoms with Crippen molar-refractivity contribution in [2.24, 2.45) is 5.73 Å². The third kappa shape index (κ3) is 4.39. The van der Waals surface area contributed by atoms with E-state index in [4.69, 9.17) is 10.5 Å². The highest BCUT2D eigenvalue weighted by atomic mass is 16.5. The molecule has 20 heavy (non-hydrogen) atoms. The van der Waals surface area contributed by atoms with Crippen molar-refractivity contribution in [2.75, 3.05) is 7.11 Å². The van der Waals surface area contributed by atoms with Crippen LogP contribution < -0.4 is 10.5 Å². The van der Waals surface area contributed by atoms with Gasteiger partial charge in [0.2, 0.25) is 0 Å². The quantitative estimate of drug-likeness (QED) is 0.833. The third-order valence-electron chi connectivity index (χ3n) is 3.56. The molecule has 0 saturated carbocycles. The maximum atomic E-state index is 6.24. The number of rotatable bonds is 7. The van der Waals surface area contributed by atoms with Gasteiger partial charge in [-0.2, -0.15) is 0 Å². The van der Waals surface area contributed by atoms with Crippen LogP contribution in [-0.4, -0.2) is 13.2 Å². The van der Waals surface area contributed by atoms with Crippen LogP contribution in [0.1, 0.15) is 24.0 Å². The molecule has 1 unspecified atom stereocenters. The van der Waals surface area contributed by atoms with Crippen LogP contribution in [0.5, 0.6) is 5.75 Å². The van der Waals surface area contributed by atoms with Crippen LogP contribution in [0.3, 0.4) is 0 Å². The first-order valence-corrected chi connectivity index (χ1v) is 7.21. The van der Waals surface area contributed by atoms with Gasteiger partial charge in [-0.25, -0.2) is 0 Å². The Kier molecular flexibility index (Phi) is 5.63. The molecule has 1 atom stereocenters. The van der Waals surface area contributed by atoms with Crippen molar-refractivity contribution in [3.8, 4) is 5.75 Å². The second kappa shape index (κ2) is 7.71. The van der Waals surface area contributed by atoms with E-state index in [-0.39, 0.29) is 6.04 Å². The Morgan fingerprint density at radius 1 is 1.00 bits per heavy atom. The van der Waals surface area contributed by atoms with E-state index < -0.39 is 0 Å². The molecular weight excluding hydrogens is 246 g/mol. The standard InChI is InChI=1S/C18H23NO/c1-20-18-13-6-5-11-16(18)14-17(19)12-7-10-15-8-3-2-4-9-15/h2-6,8-9,11,13,17H,7,10,12,14,19H2,1H3. The lowest BCUT2D eigenvalue weighted by molar-refractivity contribution is 0.407. The molecule has 0 radical (unpaired) electrons. The molecule has 0 amide bonds. The summed E-state index contributed by atoms with van der Waals surface area (Å²) >= 11 is 0. The van der Waals surface area contributed by atoms with Crippen LogP contribution in [0.15, 0.2) is 54.6 Å². The molecule has 0 heterocycles. The Bertz CT molecular complexity index is 510. The highest BCUT2D eigenvalue weighted by molar-refractivity contribution is 5.33. The summed E-state index contributed by atoms with van der Waals surface area (Å²) in [5.41, 5.74) is 8.82. The molecule has 0 saturated heterocycles. The first kappa shape index (κ1) is 14.6. The molecule has 2 N–H and O–H groups in total. The van der Waals surface area contributed by atoms with Crippen LogP contribution in [0.4, 0.5) is 0 Å². The van der Waals surface area contributed by atoms with Crippen molar-refractivity contribution in [2.45, 2.75) is 31.7 Å². The highest BCUT2D eigenvalue weighted by Gasteiger charge is 2.08. The normalized spacial score (nSPS) is 12.1. The van der Waals surface area contributed by atoms with Crippen molar-refractivity contribution in [1.82, 2.24) is 0 Å². The Hall–Kier alpha value is -1.80. The molecule has 2 aromatic carbocycles. The molecular formula is C18H23NO. The van der Waals surface area contributed by atoms with Gasteiger partial charge in [0.25, 0.3) is 0 Å². The van der Waals surface area contributed by atoms with Crippen LogP contribution in [0, 0.1) is 0 Å². The monoisotopic (exact) mass is 269 g/mol. The van der Waals surface area contributed by atoms with E-state index in [0.717, 1.165) is 31.4 Å². The van der Waals surface area contributed by atoms with Gasteiger partial charge in [-0.05, 0) is 42.9 Å². The molecule has 106 valence electrons. The number of aryl methyl sites for hydroxylation is 1. The second-order valence-electron chi connectivity index (χ2n) is 5.15. The summed E-state index contributed by atoms with van der Waals surface area (Å²) in [6.07, 6.45) is 4.13. The molecule has 0 aliphatic carbocycles. The number of ether oxygens (including phenoxy) is 1. The number of methoxy groups -OCH3 is 1. The Labute approximate surface area is 121 Å². The first-order chi connectivity index (χ1) is 9.79. The minimum Gasteiger partial charge on any atom is -0.496 e. The fourth-order valence-corrected chi connectivity index (χ4v) is 2.47. The maximum Gasteiger partial charge on any atom is 0.122 e. The van der Waals surface area contributed by atoms with Crippen molar-refractivity contribution < 1.29 is 4.74 Å². The fourth-order valence-electron chi connectivity index (χ4n) is 2.47. The Morgan fingerprint density at radius 3 is 2.45 bits per heavy atom. The minimum atomic E-state index is 0.190. The zero-order valence-corrected chi connectivity index (χ0v) is 12.1. The van der Waals surface area contributed by atoms with Crippen LogP contribution in [0.25, 0.3) is 0 Å². The number of para-hydroxylation sites is 1. The molecule has 0 aliphatic rings. The third-order valence-corrected chi connectivity index (χ3v) is 3.56. The van der Waals surface area contributed by atoms with Gasteiger partial charge in [-0.15, -0.1) is 0 Å². The molecule has 0 aromatic heterocycles. The number of benzene rings is 2. The summed E-state index contributed by atoms with van der Waals surface area (Å²) in [6, 6.07) is 18.9. The van der Waals surface area contributed by atoms with Gasteiger partial charge in [0.05, 0.1) is 7.11 Å². The predicted octanol–water partition coefficient (Wildman–Crippen LogP) is 3.59. The maximum absolute atomic E-state index is 6.24. The summed E-state index contributed by atoms with van der Waals surface area (Å²) in [4.78, 5) is 0.